The van der Waals surface area contributed by atoms with Gasteiger partial charge in [-0.25, -0.2) is 0 Å². The molecule has 0 bridgehead atoms. The number of carbonyl (C=O) groups excluding carboxylic acids is 1. The lowest BCUT2D eigenvalue weighted by atomic mass is 10.1. The van der Waals surface area contributed by atoms with Crippen LogP contribution in [-0.2, 0) is 19.9 Å². The number of carbonyl (C=O) groups is 1. The third kappa shape index (κ3) is 2.64. The van der Waals surface area contributed by atoms with Crippen molar-refractivity contribution in [3.8, 4) is 5.75 Å². The van der Waals surface area contributed by atoms with Gasteiger partial charge in [0, 0.05) is 24.5 Å². The predicted molar refractivity (Wildman–Crippen MR) is 85.1 cm³/mol. The van der Waals surface area contributed by atoms with Crippen LogP contribution in [0.25, 0.3) is 0 Å². The highest BCUT2D eigenvalue weighted by atomic mass is 35.5. The topological polar surface area (TPSA) is 69.4 Å². The van der Waals surface area contributed by atoms with Crippen molar-refractivity contribution in [3.63, 3.8) is 0 Å². The van der Waals surface area contributed by atoms with E-state index in [0.29, 0.717) is 17.5 Å². The lowest BCUT2D eigenvalue weighted by Gasteiger charge is -2.21. The quantitative estimate of drug-likeness (QED) is 0.789. The Labute approximate surface area is 150 Å². The molecule has 0 saturated heterocycles. The van der Waals surface area contributed by atoms with Gasteiger partial charge in [0.2, 0.25) is 0 Å². The lowest BCUT2D eigenvalue weighted by Crippen LogP contribution is -2.28. The first-order valence-corrected chi connectivity index (χ1v) is 7.83. The van der Waals surface area contributed by atoms with Crippen molar-refractivity contribution in [3.05, 3.63) is 44.6 Å². The molecule has 140 valence electrons. The molecule has 0 fully saturated rings. The summed E-state index contributed by atoms with van der Waals surface area (Å²) in [6.45, 7) is 1.72. The molecule has 3 heterocycles. The highest BCUT2D eigenvalue weighted by Gasteiger charge is 2.38. The molecule has 0 radical (unpaired) electrons. The average Bonchev–Trinajstić information content (AvgIpc) is 3.19. The van der Waals surface area contributed by atoms with Crippen molar-refractivity contribution in [2.75, 3.05) is 7.11 Å². The normalized spacial score (nSPS) is 16.7. The SMILES string of the molecule is COc1c2c(n(C)c(=O)c1Cl)CN(C(=O)c1cnn(C(F)(F)F)c1)C2C. The smallest absolute Gasteiger partial charge is 0.495 e. The zero-order valence-electron chi connectivity index (χ0n) is 14.0. The number of methoxy groups -OCH3 is 1. The first-order chi connectivity index (χ1) is 12.1. The molecule has 2 aromatic rings. The van der Waals surface area contributed by atoms with Gasteiger partial charge < -0.3 is 14.2 Å². The number of nitrogens with zero attached hydrogens (tertiary/aromatic N) is 4. The first-order valence-electron chi connectivity index (χ1n) is 7.46. The van der Waals surface area contributed by atoms with Gasteiger partial charge in [-0.2, -0.15) is 9.78 Å². The fraction of sp³-hybridized carbons (Fsp3) is 0.400. The molecule has 7 nitrogen and oxygen atoms in total. The first kappa shape index (κ1) is 18.3. The lowest BCUT2D eigenvalue weighted by molar-refractivity contribution is -0.212. The molecule has 1 unspecified atom stereocenters. The molecule has 26 heavy (non-hydrogen) atoms. The number of aromatic nitrogens is 3. The number of halogens is 4. The van der Waals surface area contributed by atoms with Gasteiger partial charge in [0.25, 0.3) is 11.5 Å². The van der Waals surface area contributed by atoms with E-state index < -0.39 is 23.8 Å². The molecule has 0 aliphatic carbocycles. The molecule has 1 aliphatic rings. The van der Waals surface area contributed by atoms with Gasteiger partial charge in [0.1, 0.15) is 10.8 Å². The summed E-state index contributed by atoms with van der Waals surface area (Å²) in [6.07, 6.45) is -3.23. The van der Waals surface area contributed by atoms with E-state index in [2.05, 4.69) is 5.10 Å². The molecule has 0 aromatic carbocycles. The fourth-order valence-electron chi connectivity index (χ4n) is 3.06. The molecule has 1 aliphatic heterocycles. The van der Waals surface area contributed by atoms with Gasteiger partial charge in [-0.1, -0.05) is 11.6 Å². The Kier molecular flexibility index (Phi) is 4.26. The molecule has 2 aromatic heterocycles. The number of alkyl halides is 3. The summed E-state index contributed by atoms with van der Waals surface area (Å²) < 4.78 is 44.3. The van der Waals surface area contributed by atoms with Gasteiger partial charge in [-0.05, 0) is 6.92 Å². The minimum absolute atomic E-state index is 0.0335. The van der Waals surface area contributed by atoms with Crippen molar-refractivity contribution in [2.45, 2.75) is 25.8 Å². The van der Waals surface area contributed by atoms with Crippen LogP contribution in [0.4, 0.5) is 13.2 Å². The summed E-state index contributed by atoms with van der Waals surface area (Å²) in [5, 5.41) is 3.07. The van der Waals surface area contributed by atoms with Gasteiger partial charge in [0.15, 0.2) is 0 Å². The maximum atomic E-state index is 12.7. The second-order valence-electron chi connectivity index (χ2n) is 5.82. The van der Waals surface area contributed by atoms with Crippen LogP contribution in [0.15, 0.2) is 17.2 Å². The molecule has 0 N–H and O–H groups in total. The minimum Gasteiger partial charge on any atom is -0.495 e. The number of pyridine rings is 1. The highest BCUT2D eigenvalue weighted by Crippen LogP contribution is 2.42. The van der Waals surface area contributed by atoms with Crippen LogP contribution in [0, 0.1) is 0 Å². The Morgan fingerprint density at radius 1 is 1.42 bits per heavy atom. The Morgan fingerprint density at radius 2 is 2.08 bits per heavy atom. The predicted octanol–water partition coefficient (Wildman–Crippen LogP) is 2.44. The van der Waals surface area contributed by atoms with Crippen molar-refractivity contribution in [2.24, 2.45) is 7.05 Å². The van der Waals surface area contributed by atoms with E-state index in [1.165, 1.54) is 23.6 Å². The molecular weight excluding hydrogens is 377 g/mol. The molecular formula is C15H14ClF3N4O3. The molecule has 11 heteroatoms. The zero-order chi connectivity index (χ0) is 19.4. The standard InChI is InChI=1S/C15H14ClF3N4O3/c1-7-10-9(21(2)14(25)11(16)12(10)26-3)6-22(7)13(24)8-4-20-23(5-8)15(17,18)19/h4-5,7H,6H2,1-3H3. The molecule has 1 amide bonds. The summed E-state index contributed by atoms with van der Waals surface area (Å²) in [6, 6.07) is -0.550. The van der Waals surface area contributed by atoms with Crippen LogP contribution < -0.4 is 10.3 Å². The third-order valence-electron chi connectivity index (χ3n) is 4.41. The third-order valence-corrected chi connectivity index (χ3v) is 4.75. The van der Waals surface area contributed by atoms with E-state index >= 15 is 0 Å². The highest BCUT2D eigenvalue weighted by molar-refractivity contribution is 6.32. The van der Waals surface area contributed by atoms with E-state index in [1.807, 2.05) is 0 Å². The largest absolute Gasteiger partial charge is 0.504 e. The number of ether oxygens (including phenoxy) is 1. The minimum atomic E-state index is -4.71. The summed E-state index contributed by atoms with van der Waals surface area (Å²) >= 11 is 6.05. The van der Waals surface area contributed by atoms with Gasteiger partial charge in [0.05, 0.1) is 31.5 Å². The zero-order valence-corrected chi connectivity index (χ0v) is 14.7. The van der Waals surface area contributed by atoms with Crippen LogP contribution >= 0.6 is 11.6 Å². The van der Waals surface area contributed by atoms with Crippen molar-refractivity contribution in [1.29, 1.82) is 0 Å². The Morgan fingerprint density at radius 3 is 2.62 bits per heavy atom. The van der Waals surface area contributed by atoms with E-state index in [-0.39, 0.29) is 27.6 Å². The van der Waals surface area contributed by atoms with Gasteiger partial charge >= 0.3 is 6.30 Å². The summed E-state index contributed by atoms with van der Waals surface area (Å²) in [4.78, 5) is 26.2. The fourth-order valence-corrected chi connectivity index (χ4v) is 3.36. The van der Waals surface area contributed by atoms with Crippen LogP contribution in [0.5, 0.6) is 5.75 Å². The van der Waals surface area contributed by atoms with Crippen LogP contribution in [0.3, 0.4) is 0 Å². The second kappa shape index (κ2) is 6.04. The molecule has 1 atom stereocenters. The van der Waals surface area contributed by atoms with Crippen molar-refractivity contribution < 1.29 is 22.7 Å². The Hall–Kier alpha value is -2.49. The molecule has 3 rings (SSSR count). The van der Waals surface area contributed by atoms with Crippen LogP contribution in [0.2, 0.25) is 5.02 Å². The maximum absolute atomic E-state index is 12.7. The van der Waals surface area contributed by atoms with E-state index in [0.717, 1.165) is 6.20 Å². The summed E-state index contributed by atoms with van der Waals surface area (Å²) in [5.74, 6) is -0.478. The summed E-state index contributed by atoms with van der Waals surface area (Å²) in [5.41, 5.74) is 0.377. The van der Waals surface area contributed by atoms with Crippen molar-refractivity contribution >= 4 is 17.5 Å². The Balaban J connectivity index is 2.02. The molecule has 0 saturated carbocycles. The van der Waals surface area contributed by atoms with E-state index in [9.17, 15) is 22.8 Å². The van der Waals surface area contributed by atoms with Gasteiger partial charge in [-0.15, -0.1) is 13.2 Å². The number of rotatable bonds is 2. The Bertz CT molecular complexity index is 951. The number of fused-ring (bicyclic) bond motifs is 1. The maximum Gasteiger partial charge on any atom is 0.504 e. The number of amides is 1. The van der Waals surface area contributed by atoms with Crippen LogP contribution in [-0.4, -0.2) is 32.3 Å². The summed E-state index contributed by atoms with van der Waals surface area (Å²) in [7, 11) is 2.86. The number of hydrogen-bond donors (Lipinski definition) is 0. The second-order valence-corrected chi connectivity index (χ2v) is 6.20. The number of hydrogen-bond acceptors (Lipinski definition) is 4. The van der Waals surface area contributed by atoms with Crippen LogP contribution in [0.1, 0.15) is 34.6 Å². The van der Waals surface area contributed by atoms with E-state index in [1.54, 1.807) is 6.92 Å². The van der Waals surface area contributed by atoms with E-state index in [4.69, 9.17) is 16.3 Å². The van der Waals surface area contributed by atoms with Gasteiger partial charge in [-0.3, -0.25) is 9.59 Å². The average molecular weight is 391 g/mol. The monoisotopic (exact) mass is 390 g/mol. The van der Waals surface area contributed by atoms with Crippen molar-refractivity contribution in [1.82, 2.24) is 19.2 Å². The molecule has 0 spiro atoms.